The fourth-order valence-corrected chi connectivity index (χ4v) is 9.88. The van der Waals surface area contributed by atoms with Crippen LogP contribution in [0.15, 0.2) is 11.3 Å². The minimum atomic E-state index is -1.46. The Balaban J connectivity index is 1.94. The van der Waals surface area contributed by atoms with E-state index in [2.05, 4.69) is 27.7 Å². The zero-order valence-electron chi connectivity index (χ0n) is 30.2. The van der Waals surface area contributed by atoms with Gasteiger partial charge in [-0.25, -0.2) is 0 Å². The lowest BCUT2D eigenvalue weighted by molar-refractivity contribution is -0.305. The third-order valence-electron chi connectivity index (χ3n) is 11.6. The van der Waals surface area contributed by atoms with Crippen molar-refractivity contribution in [2.45, 2.75) is 133 Å². The molecule has 8 heteroatoms. The standard InChI is InChI=1S/C38H54O8/c1-17(2)20(22-30(42)36(11,12)32(44)37(13,14)31(22)43)21-27(40)23-25-19-15-35(9,10)46-38(19,34(7,8)16-33(25,5)6)45-29(23)24(28(21)41)26(39)18(3)4/h17-20,25,40-42H,15-16H2,1-14H3/t19-,20?,25?,38+/m0/s1. The van der Waals surface area contributed by atoms with Gasteiger partial charge in [0.25, 0.3) is 0 Å². The molecule has 2 aliphatic carbocycles. The summed E-state index contributed by atoms with van der Waals surface area (Å²) in [4.78, 5) is 41.8. The second-order valence-corrected chi connectivity index (χ2v) is 18.1. The Labute approximate surface area is 273 Å². The van der Waals surface area contributed by atoms with Crippen LogP contribution in [0.5, 0.6) is 17.2 Å². The highest BCUT2D eigenvalue weighted by Crippen LogP contribution is 2.73. The number of phenols is 2. The summed E-state index contributed by atoms with van der Waals surface area (Å²) in [5.74, 6) is -5.95. The van der Waals surface area contributed by atoms with E-state index in [1.165, 1.54) is 0 Å². The van der Waals surface area contributed by atoms with Crippen molar-refractivity contribution in [3.8, 4) is 17.2 Å². The quantitative estimate of drug-likeness (QED) is 0.218. The lowest BCUT2D eigenvalue weighted by Crippen LogP contribution is -2.64. The number of aromatic hydroxyl groups is 2. The molecule has 2 aliphatic heterocycles. The van der Waals surface area contributed by atoms with Crippen molar-refractivity contribution in [1.82, 2.24) is 0 Å². The summed E-state index contributed by atoms with van der Waals surface area (Å²) in [5.41, 5.74) is -3.92. The van der Waals surface area contributed by atoms with E-state index in [1.54, 1.807) is 41.5 Å². The van der Waals surface area contributed by atoms with Crippen LogP contribution in [0.25, 0.3) is 0 Å². The van der Waals surface area contributed by atoms with E-state index in [0.717, 1.165) is 0 Å². The van der Waals surface area contributed by atoms with Crippen molar-refractivity contribution in [2.24, 2.45) is 39.4 Å². The molecule has 1 aromatic carbocycles. The Bertz CT molecular complexity index is 1580. The zero-order chi connectivity index (χ0) is 35.1. The third-order valence-corrected chi connectivity index (χ3v) is 11.6. The van der Waals surface area contributed by atoms with Gasteiger partial charge in [-0.15, -0.1) is 0 Å². The van der Waals surface area contributed by atoms with Crippen molar-refractivity contribution in [3.63, 3.8) is 0 Å². The summed E-state index contributed by atoms with van der Waals surface area (Å²) in [6.07, 6.45) is 1.35. The number of phenolic OH excluding ortho intramolecular Hbond substituents is 2. The molecule has 3 N–H and O–H groups in total. The van der Waals surface area contributed by atoms with Crippen LogP contribution in [-0.2, 0) is 14.3 Å². The van der Waals surface area contributed by atoms with Crippen LogP contribution in [0.4, 0.5) is 0 Å². The van der Waals surface area contributed by atoms with E-state index in [4.69, 9.17) is 9.47 Å². The number of Topliss-reactive ketones (excluding diaryl/α,β-unsaturated/α-hetero) is 3. The maximum atomic E-state index is 14.2. The first-order chi connectivity index (χ1) is 20.7. The summed E-state index contributed by atoms with van der Waals surface area (Å²) in [6, 6.07) is 0. The molecule has 4 atom stereocenters. The minimum absolute atomic E-state index is 0.00325. The van der Waals surface area contributed by atoms with Gasteiger partial charge in [-0.05, 0) is 65.7 Å². The number of allylic oxidation sites excluding steroid dienone is 2. The second kappa shape index (κ2) is 9.83. The Hall–Kier alpha value is -2.87. The van der Waals surface area contributed by atoms with Gasteiger partial charge in [-0.2, -0.15) is 0 Å². The molecule has 0 radical (unpaired) electrons. The first-order valence-electron chi connectivity index (χ1n) is 16.8. The summed E-state index contributed by atoms with van der Waals surface area (Å²) < 4.78 is 13.8. The van der Waals surface area contributed by atoms with E-state index in [1.807, 2.05) is 27.7 Å². The predicted octanol–water partition coefficient (Wildman–Crippen LogP) is 8.14. The molecule has 0 amide bonds. The average Bonchev–Trinajstić information content (AvgIpc) is 3.19. The molecule has 2 heterocycles. The second-order valence-electron chi connectivity index (χ2n) is 18.1. The summed E-state index contributed by atoms with van der Waals surface area (Å²) in [5, 5.41) is 36.5. The lowest BCUT2D eigenvalue weighted by Gasteiger charge is -2.61. The van der Waals surface area contributed by atoms with Crippen LogP contribution < -0.4 is 4.74 Å². The first kappa shape index (κ1) is 34.5. The molecule has 2 bridgehead atoms. The molecule has 5 rings (SSSR count). The topological polar surface area (TPSA) is 130 Å². The molecule has 1 saturated carbocycles. The van der Waals surface area contributed by atoms with Crippen molar-refractivity contribution in [3.05, 3.63) is 28.0 Å². The van der Waals surface area contributed by atoms with Crippen LogP contribution in [0.3, 0.4) is 0 Å². The fourth-order valence-electron chi connectivity index (χ4n) is 9.88. The Morgan fingerprint density at radius 2 is 1.41 bits per heavy atom. The number of carbonyl (C=O) groups is 3. The average molecular weight is 639 g/mol. The van der Waals surface area contributed by atoms with Gasteiger partial charge in [-0.1, -0.05) is 55.4 Å². The largest absolute Gasteiger partial charge is 0.511 e. The van der Waals surface area contributed by atoms with Gasteiger partial charge in [0.05, 0.1) is 16.4 Å². The number of ether oxygens (including phenoxy) is 2. The number of hydrogen-bond acceptors (Lipinski definition) is 8. The van der Waals surface area contributed by atoms with E-state index < -0.39 is 68.1 Å². The number of aliphatic hydroxyl groups excluding tert-OH is 1. The number of benzene rings is 1. The molecule has 8 nitrogen and oxygen atoms in total. The monoisotopic (exact) mass is 638 g/mol. The highest BCUT2D eigenvalue weighted by atomic mass is 16.7. The van der Waals surface area contributed by atoms with Gasteiger partial charge in [0.1, 0.15) is 28.6 Å². The van der Waals surface area contributed by atoms with Crippen LogP contribution in [0, 0.1) is 39.4 Å². The van der Waals surface area contributed by atoms with Crippen LogP contribution in [0.2, 0.25) is 0 Å². The molecule has 0 spiro atoms. The normalized spacial score (nSPS) is 30.6. The molecule has 2 fully saturated rings. The smallest absolute Gasteiger partial charge is 0.219 e. The number of fused-ring (bicyclic) bond motifs is 2. The van der Waals surface area contributed by atoms with Crippen LogP contribution >= 0.6 is 0 Å². The van der Waals surface area contributed by atoms with Crippen LogP contribution in [0.1, 0.15) is 143 Å². The fraction of sp³-hybridized carbons (Fsp3) is 0.711. The molecule has 0 aromatic heterocycles. The molecular weight excluding hydrogens is 584 g/mol. The molecule has 1 saturated heterocycles. The van der Waals surface area contributed by atoms with Crippen molar-refractivity contribution < 1.29 is 39.2 Å². The summed E-state index contributed by atoms with van der Waals surface area (Å²) >= 11 is 0. The Morgan fingerprint density at radius 3 is 1.93 bits per heavy atom. The van der Waals surface area contributed by atoms with E-state index in [-0.39, 0.29) is 51.6 Å². The van der Waals surface area contributed by atoms with E-state index in [9.17, 15) is 29.7 Å². The Morgan fingerprint density at radius 1 is 0.848 bits per heavy atom. The van der Waals surface area contributed by atoms with Crippen molar-refractivity contribution in [1.29, 1.82) is 0 Å². The van der Waals surface area contributed by atoms with Crippen LogP contribution in [-0.4, -0.2) is 44.1 Å². The van der Waals surface area contributed by atoms with Gasteiger partial charge in [0.2, 0.25) is 5.79 Å². The van der Waals surface area contributed by atoms with Gasteiger partial charge >= 0.3 is 0 Å². The molecule has 254 valence electrons. The number of carbonyl (C=O) groups excluding carboxylic acids is 3. The summed E-state index contributed by atoms with van der Waals surface area (Å²) in [6.45, 7) is 26.0. The molecule has 4 aliphatic rings. The predicted molar refractivity (Wildman–Crippen MR) is 175 cm³/mol. The highest BCUT2D eigenvalue weighted by molar-refractivity contribution is 6.19. The molecular formula is C38H54O8. The number of aliphatic hydroxyl groups is 1. The number of rotatable bonds is 5. The Kier molecular flexibility index (Phi) is 7.37. The number of ketones is 3. The van der Waals surface area contributed by atoms with E-state index in [0.29, 0.717) is 18.4 Å². The van der Waals surface area contributed by atoms with Crippen molar-refractivity contribution >= 4 is 17.3 Å². The molecule has 46 heavy (non-hydrogen) atoms. The first-order valence-corrected chi connectivity index (χ1v) is 16.8. The maximum Gasteiger partial charge on any atom is 0.219 e. The lowest BCUT2D eigenvalue weighted by atomic mass is 9.49. The number of hydrogen-bond donors (Lipinski definition) is 3. The maximum absolute atomic E-state index is 14.2. The van der Waals surface area contributed by atoms with Gasteiger partial charge < -0.3 is 24.8 Å². The van der Waals surface area contributed by atoms with Crippen molar-refractivity contribution in [2.75, 3.05) is 0 Å². The van der Waals surface area contributed by atoms with Gasteiger partial charge in [0.15, 0.2) is 17.3 Å². The highest BCUT2D eigenvalue weighted by Gasteiger charge is 2.73. The zero-order valence-corrected chi connectivity index (χ0v) is 30.2. The molecule has 1 aromatic rings. The summed E-state index contributed by atoms with van der Waals surface area (Å²) in [7, 11) is 0. The van der Waals surface area contributed by atoms with Gasteiger partial charge in [-0.3, -0.25) is 14.4 Å². The molecule has 2 unspecified atom stereocenters. The minimum Gasteiger partial charge on any atom is -0.511 e. The third kappa shape index (κ3) is 4.30. The SMILES string of the molecule is CC(C)C(=O)c1c(O)c(C(C2=C(O)C(C)(C)C(=O)C(C)(C)C2=O)C(C)C)c(O)c2c1O[C@@]13OC(C)(C)C[C@H]1C2C(C)(C)CC3(C)C. The van der Waals surface area contributed by atoms with Gasteiger partial charge in [0, 0.05) is 45.8 Å². The van der Waals surface area contributed by atoms with E-state index >= 15 is 0 Å².